The molecule has 0 aromatic heterocycles. The number of nitrogens with zero attached hydrogens (tertiary/aromatic N) is 2. The molecule has 0 saturated carbocycles. The highest BCUT2D eigenvalue weighted by Gasteiger charge is 2.36. The number of nitrogens with one attached hydrogen (secondary N) is 1. The van der Waals surface area contributed by atoms with E-state index in [4.69, 9.17) is 0 Å². The number of non-ortho nitro benzene ring substituents is 1. The number of likely N-dealkylation sites (N-methyl/N-ethyl adjacent to an activating group) is 1. The fourth-order valence-electron chi connectivity index (χ4n) is 3.12. The second-order valence-corrected chi connectivity index (χ2v) is 7.46. The quantitative estimate of drug-likeness (QED) is 0.655. The van der Waals surface area contributed by atoms with Crippen LogP contribution in [0.5, 0.6) is 0 Å². The van der Waals surface area contributed by atoms with E-state index in [1.54, 1.807) is 20.9 Å². The van der Waals surface area contributed by atoms with Gasteiger partial charge in [-0.05, 0) is 44.9 Å². The number of hydrogen-bond acceptors (Lipinski definition) is 5. The molecular formula is C14H21N3O4S. The SMILES string of the molecule is CNCC1CCCN1S(=O)(=O)c1c(C)cc([N+](=O)[O-])cc1C. The molecule has 22 heavy (non-hydrogen) atoms. The van der Waals surface area contributed by atoms with Gasteiger partial charge in [0.15, 0.2) is 0 Å². The van der Waals surface area contributed by atoms with Crippen molar-refractivity contribution in [3.8, 4) is 0 Å². The van der Waals surface area contributed by atoms with Gasteiger partial charge in [0, 0.05) is 31.3 Å². The molecular weight excluding hydrogens is 306 g/mol. The number of aryl methyl sites for hydroxylation is 2. The molecule has 1 fully saturated rings. The Balaban J connectivity index is 2.48. The van der Waals surface area contributed by atoms with Gasteiger partial charge in [-0.2, -0.15) is 4.31 Å². The monoisotopic (exact) mass is 327 g/mol. The zero-order valence-corrected chi connectivity index (χ0v) is 13.8. The zero-order chi connectivity index (χ0) is 16.5. The molecule has 0 radical (unpaired) electrons. The fraction of sp³-hybridized carbons (Fsp3) is 0.571. The Bertz CT molecular complexity index is 664. The van der Waals surface area contributed by atoms with E-state index >= 15 is 0 Å². The molecule has 1 aromatic carbocycles. The number of nitro groups is 1. The number of benzene rings is 1. The van der Waals surface area contributed by atoms with Gasteiger partial charge < -0.3 is 5.32 Å². The molecule has 1 saturated heterocycles. The van der Waals surface area contributed by atoms with Crippen LogP contribution in [-0.4, -0.2) is 43.8 Å². The van der Waals surface area contributed by atoms with Crippen molar-refractivity contribution in [3.63, 3.8) is 0 Å². The van der Waals surface area contributed by atoms with Crippen LogP contribution in [0.1, 0.15) is 24.0 Å². The minimum Gasteiger partial charge on any atom is -0.318 e. The van der Waals surface area contributed by atoms with Crippen LogP contribution in [0.3, 0.4) is 0 Å². The zero-order valence-electron chi connectivity index (χ0n) is 13.0. The van der Waals surface area contributed by atoms with Crippen molar-refractivity contribution in [3.05, 3.63) is 33.4 Å². The number of sulfonamides is 1. The Morgan fingerprint density at radius 1 is 1.36 bits per heavy atom. The van der Waals surface area contributed by atoms with Gasteiger partial charge in [0.05, 0.1) is 9.82 Å². The second-order valence-electron chi connectivity index (χ2n) is 5.64. The number of hydrogen-bond donors (Lipinski definition) is 1. The van der Waals surface area contributed by atoms with Crippen LogP contribution in [0.4, 0.5) is 5.69 Å². The molecule has 1 aromatic rings. The Kier molecular flexibility index (Phi) is 4.84. The molecule has 1 heterocycles. The Morgan fingerprint density at radius 3 is 2.45 bits per heavy atom. The van der Waals surface area contributed by atoms with Gasteiger partial charge in [-0.15, -0.1) is 0 Å². The van der Waals surface area contributed by atoms with E-state index in [0.29, 0.717) is 24.2 Å². The molecule has 0 aliphatic carbocycles. The molecule has 1 N–H and O–H groups in total. The predicted molar refractivity (Wildman–Crippen MR) is 83.4 cm³/mol. The van der Waals surface area contributed by atoms with Gasteiger partial charge in [0.2, 0.25) is 10.0 Å². The van der Waals surface area contributed by atoms with Gasteiger partial charge in [0.1, 0.15) is 0 Å². The van der Waals surface area contributed by atoms with Crippen molar-refractivity contribution in [1.29, 1.82) is 0 Å². The first-order valence-electron chi connectivity index (χ1n) is 7.21. The summed E-state index contributed by atoms with van der Waals surface area (Å²) >= 11 is 0. The first-order chi connectivity index (χ1) is 10.3. The number of rotatable bonds is 5. The molecule has 122 valence electrons. The minimum absolute atomic E-state index is 0.0657. The largest absolute Gasteiger partial charge is 0.318 e. The van der Waals surface area contributed by atoms with Crippen LogP contribution >= 0.6 is 0 Å². The van der Waals surface area contributed by atoms with Crippen molar-refractivity contribution in [2.24, 2.45) is 0 Å². The third-order valence-corrected chi connectivity index (χ3v) is 6.24. The molecule has 1 atom stereocenters. The van der Waals surface area contributed by atoms with E-state index in [0.717, 1.165) is 12.8 Å². The highest BCUT2D eigenvalue weighted by molar-refractivity contribution is 7.89. The van der Waals surface area contributed by atoms with Crippen molar-refractivity contribution in [2.45, 2.75) is 37.6 Å². The summed E-state index contributed by atoms with van der Waals surface area (Å²) in [6, 6.07) is 2.58. The summed E-state index contributed by atoms with van der Waals surface area (Å²) in [4.78, 5) is 10.6. The van der Waals surface area contributed by atoms with E-state index in [-0.39, 0.29) is 16.6 Å². The molecule has 1 aliphatic rings. The lowest BCUT2D eigenvalue weighted by Crippen LogP contribution is -2.41. The smallest absolute Gasteiger partial charge is 0.270 e. The van der Waals surface area contributed by atoms with Gasteiger partial charge in [-0.25, -0.2) is 8.42 Å². The van der Waals surface area contributed by atoms with Crippen LogP contribution in [0.25, 0.3) is 0 Å². The molecule has 7 nitrogen and oxygen atoms in total. The van der Waals surface area contributed by atoms with Crippen molar-refractivity contribution < 1.29 is 13.3 Å². The highest BCUT2D eigenvalue weighted by Crippen LogP contribution is 2.31. The van der Waals surface area contributed by atoms with Gasteiger partial charge in [-0.1, -0.05) is 0 Å². The summed E-state index contributed by atoms with van der Waals surface area (Å²) in [7, 11) is -1.85. The molecule has 0 spiro atoms. The van der Waals surface area contributed by atoms with Crippen molar-refractivity contribution >= 4 is 15.7 Å². The lowest BCUT2D eigenvalue weighted by molar-refractivity contribution is -0.385. The maximum Gasteiger partial charge on any atom is 0.270 e. The topological polar surface area (TPSA) is 92.6 Å². The molecule has 0 amide bonds. The van der Waals surface area contributed by atoms with E-state index in [1.807, 2.05) is 0 Å². The Labute approximate surface area is 130 Å². The van der Waals surface area contributed by atoms with E-state index in [1.165, 1.54) is 16.4 Å². The normalized spacial score (nSPS) is 19.5. The Hall–Kier alpha value is -1.51. The molecule has 1 aliphatic heterocycles. The predicted octanol–water partition coefficient (Wildman–Crippen LogP) is 1.58. The summed E-state index contributed by atoms with van der Waals surface area (Å²) in [5, 5.41) is 13.9. The lowest BCUT2D eigenvalue weighted by Gasteiger charge is -2.25. The van der Waals surface area contributed by atoms with Crippen LogP contribution in [-0.2, 0) is 10.0 Å². The van der Waals surface area contributed by atoms with Crippen molar-refractivity contribution in [1.82, 2.24) is 9.62 Å². The van der Waals surface area contributed by atoms with Crippen LogP contribution in [0.15, 0.2) is 17.0 Å². The van der Waals surface area contributed by atoms with E-state index in [9.17, 15) is 18.5 Å². The van der Waals surface area contributed by atoms with Crippen LogP contribution < -0.4 is 5.32 Å². The van der Waals surface area contributed by atoms with Gasteiger partial charge in [-0.3, -0.25) is 10.1 Å². The van der Waals surface area contributed by atoms with Crippen LogP contribution in [0.2, 0.25) is 0 Å². The Morgan fingerprint density at radius 2 is 1.95 bits per heavy atom. The second kappa shape index (κ2) is 6.31. The maximum absolute atomic E-state index is 13.0. The van der Waals surface area contributed by atoms with Gasteiger partial charge in [0.25, 0.3) is 5.69 Å². The molecule has 8 heteroatoms. The number of nitro benzene ring substituents is 1. The average molecular weight is 327 g/mol. The third-order valence-electron chi connectivity index (χ3n) is 3.99. The average Bonchev–Trinajstić information content (AvgIpc) is 2.87. The molecule has 2 rings (SSSR count). The van der Waals surface area contributed by atoms with Crippen LogP contribution in [0, 0.1) is 24.0 Å². The highest BCUT2D eigenvalue weighted by atomic mass is 32.2. The van der Waals surface area contributed by atoms with Gasteiger partial charge >= 0.3 is 0 Å². The van der Waals surface area contributed by atoms with Crippen molar-refractivity contribution in [2.75, 3.05) is 20.1 Å². The third kappa shape index (κ3) is 2.99. The summed E-state index contributed by atoms with van der Waals surface area (Å²) in [5.74, 6) is 0. The first kappa shape index (κ1) is 16.9. The van der Waals surface area contributed by atoms with E-state index < -0.39 is 14.9 Å². The summed E-state index contributed by atoms with van der Waals surface area (Å²) in [5.41, 5.74) is 0.755. The minimum atomic E-state index is -3.64. The first-order valence-corrected chi connectivity index (χ1v) is 8.65. The summed E-state index contributed by atoms with van der Waals surface area (Å²) < 4.78 is 27.5. The summed E-state index contributed by atoms with van der Waals surface area (Å²) in [6.45, 7) is 4.31. The molecule has 1 unspecified atom stereocenters. The molecule has 0 bridgehead atoms. The summed E-state index contributed by atoms with van der Waals surface area (Å²) in [6.07, 6.45) is 1.65. The maximum atomic E-state index is 13.0. The fourth-order valence-corrected chi connectivity index (χ4v) is 5.23. The van der Waals surface area contributed by atoms with E-state index in [2.05, 4.69) is 5.32 Å². The standard InChI is InChI=1S/C14H21N3O4S/c1-10-7-13(17(18)19)8-11(2)14(10)22(20,21)16-6-4-5-12(16)9-15-3/h7-8,12,15H,4-6,9H2,1-3H3. The lowest BCUT2D eigenvalue weighted by atomic mass is 10.1.